The Kier molecular flexibility index (Phi) is 4.10. The van der Waals surface area contributed by atoms with Gasteiger partial charge in [-0.1, -0.05) is 41.9 Å². The molecule has 19 heavy (non-hydrogen) atoms. The minimum absolute atomic E-state index is 0.0342. The molecule has 7 heteroatoms. The van der Waals surface area contributed by atoms with Crippen LogP contribution in [-0.2, 0) is 6.42 Å². The zero-order valence-electron chi connectivity index (χ0n) is 9.38. The van der Waals surface area contributed by atoms with E-state index in [4.69, 9.17) is 11.6 Å². The molecule has 0 saturated heterocycles. The average molecular weight is 352 g/mol. The van der Waals surface area contributed by atoms with Crippen LogP contribution in [0.5, 0.6) is 0 Å². The number of hydrogen-bond donors (Lipinski definition) is 0. The van der Waals surface area contributed by atoms with Crippen molar-refractivity contribution in [2.75, 3.05) is 0 Å². The third kappa shape index (κ3) is 3.67. The van der Waals surface area contributed by atoms with Crippen molar-refractivity contribution >= 4 is 27.5 Å². The molecule has 0 radical (unpaired) electrons. The highest BCUT2D eigenvalue weighted by Gasteiger charge is 2.30. The van der Waals surface area contributed by atoms with Gasteiger partial charge in [-0.15, -0.1) is 0 Å². The van der Waals surface area contributed by atoms with E-state index in [0.717, 1.165) is 0 Å². The van der Waals surface area contributed by atoms with Gasteiger partial charge in [-0.3, -0.25) is 0 Å². The highest BCUT2D eigenvalue weighted by atomic mass is 79.9. The number of benzene rings is 1. The molecular weight excluding hydrogens is 344 g/mol. The standard InChI is InChI=1S/C12H7BrClF3N2/c13-9-10(7-4-2-1-3-5-7)18-8(19-11(9)14)6-12(15,16)17/h1-5H,6H2. The minimum atomic E-state index is -4.37. The number of nitrogens with zero attached hydrogens (tertiary/aromatic N) is 2. The molecule has 0 unspecified atom stereocenters. The maximum atomic E-state index is 12.4. The molecule has 2 nitrogen and oxygen atoms in total. The number of rotatable bonds is 2. The molecule has 0 fully saturated rings. The van der Waals surface area contributed by atoms with Gasteiger partial charge in [0.1, 0.15) is 17.4 Å². The summed E-state index contributed by atoms with van der Waals surface area (Å²) in [5.41, 5.74) is 1.02. The molecule has 1 aromatic heterocycles. The monoisotopic (exact) mass is 350 g/mol. The lowest BCUT2D eigenvalue weighted by Crippen LogP contribution is -2.14. The summed E-state index contributed by atoms with van der Waals surface area (Å²) in [6.07, 6.45) is -5.58. The number of hydrogen-bond acceptors (Lipinski definition) is 2. The molecule has 0 bridgehead atoms. The van der Waals surface area contributed by atoms with E-state index in [2.05, 4.69) is 25.9 Å². The van der Waals surface area contributed by atoms with E-state index in [-0.39, 0.29) is 11.0 Å². The van der Waals surface area contributed by atoms with Crippen LogP contribution in [0.1, 0.15) is 5.82 Å². The predicted molar refractivity (Wildman–Crippen MR) is 69.9 cm³/mol. The SMILES string of the molecule is FC(F)(F)Cc1nc(Cl)c(Br)c(-c2ccccc2)n1. The molecule has 0 amide bonds. The summed E-state index contributed by atoms with van der Waals surface area (Å²) >= 11 is 9.02. The molecule has 1 aromatic carbocycles. The highest BCUT2D eigenvalue weighted by Crippen LogP contribution is 2.32. The van der Waals surface area contributed by atoms with Crippen LogP contribution in [-0.4, -0.2) is 16.1 Å². The molecule has 0 N–H and O–H groups in total. The van der Waals surface area contributed by atoms with Crippen LogP contribution < -0.4 is 0 Å². The summed E-state index contributed by atoms with van der Waals surface area (Å²) in [7, 11) is 0. The fourth-order valence-electron chi connectivity index (χ4n) is 1.51. The van der Waals surface area contributed by atoms with Gasteiger partial charge in [-0.25, -0.2) is 9.97 Å². The Morgan fingerprint density at radius 2 is 1.74 bits per heavy atom. The molecule has 100 valence electrons. The molecule has 2 aromatic rings. The van der Waals surface area contributed by atoms with Gasteiger partial charge in [-0.2, -0.15) is 13.2 Å². The van der Waals surface area contributed by atoms with E-state index in [9.17, 15) is 13.2 Å². The van der Waals surface area contributed by atoms with Gasteiger partial charge < -0.3 is 0 Å². The molecule has 1 heterocycles. The second-order valence-electron chi connectivity index (χ2n) is 3.75. The summed E-state index contributed by atoms with van der Waals surface area (Å²) in [6, 6.07) is 8.81. The summed E-state index contributed by atoms with van der Waals surface area (Å²) < 4.78 is 37.5. The van der Waals surface area contributed by atoms with Crippen LogP contribution in [0.4, 0.5) is 13.2 Å². The average Bonchev–Trinajstić information content (AvgIpc) is 2.33. The van der Waals surface area contributed by atoms with Gasteiger partial charge in [0.05, 0.1) is 10.2 Å². The molecular formula is C12H7BrClF3N2. The lowest BCUT2D eigenvalue weighted by Gasteiger charge is -2.10. The second-order valence-corrected chi connectivity index (χ2v) is 4.90. The number of halogens is 5. The van der Waals surface area contributed by atoms with Crippen LogP contribution in [0, 0.1) is 0 Å². The van der Waals surface area contributed by atoms with Crippen molar-refractivity contribution in [3.63, 3.8) is 0 Å². The zero-order valence-corrected chi connectivity index (χ0v) is 11.7. The van der Waals surface area contributed by atoms with Gasteiger partial charge >= 0.3 is 6.18 Å². The van der Waals surface area contributed by atoms with Crippen molar-refractivity contribution in [2.45, 2.75) is 12.6 Å². The molecule has 0 spiro atoms. The van der Waals surface area contributed by atoms with Gasteiger partial charge in [0, 0.05) is 5.56 Å². The van der Waals surface area contributed by atoms with Crippen molar-refractivity contribution in [3.8, 4) is 11.3 Å². The van der Waals surface area contributed by atoms with E-state index in [1.165, 1.54) is 0 Å². The first-order valence-corrected chi connectivity index (χ1v) is 6.38. The maximum Gasteiger partial charge on any atom is 0.396 e. The van der Waals surface area contributed by atoms with Crippen molar-refractivity contribution in [2.24, 2.45) is 0 Å². The fraction of sp³-hybridized carbons (Fsp3) is 0.167. The molecule has 0 aliphatic carbocycles. The van der Waals surface area contributed by atoms with E-state index < -0.39 is 12.6 Å². The van der Waals surface area contributed by atoms with Crippen LogP contribution >= 0.6 is 27.5 Å². The smallest absolute Gasteiger partial charge is 0.231 e. The largest absolute Gasteiger partial charge is 0.396 e. The van der Waals surface area contributed by atoms with Crippen LogP contribution in [0.3, 0.4) is 0 Å². The quantitative estimate of drug-likeness (QED) is 0.735. The van der Waals surface area contributed by atoms with Crippen molar-refractivity contribution < 1.29 is 13.2 Å². The van der Waals surface area contributed by atoms with Crippen LogP contribution in [0.15, 0.2) is 34.8 Å². The molecule has 0 atom stereocenters. The second kappa shape index (κ2) is 5.46. The Balaban J connectivity index is 2.49. The summed E-state index contributed by atoms with van der Waals surface area (Å²) in [5.74, 6) is -0.348. The third-order valence-electron chi connectivity index (χ3n) is 2.26. The Bertz CT molecular complexity index is 588. The van der Waals surface area contributed by atoms with E-state index in [1.807, 2.05) is 0 Å². The van der Waals surface area contributed by atoms with Gasteiger partial charge in [0.25, 0.3) is 0 Å². The first-order valence-electron chi connectivity index (χ1n) is 5.21. The maximum absolute atomic E-state index is 12.4. The number of alkyl halides is 3. The Morgan fingerprint density at radius 3 is 2.32 bits per heavy atom. The zero-order chi connectivity index (χ0) is 14.0. The fourth-order valence-corrected chi connectivity index (χ4v) is 2.10. The van der Waals surface area contributed by atoms with E-state index in [1.54, 1.807) is 30.3 Å². The lowest BCUT2D eigenvalue weighted by molar-refractivity contribution is -0.128. The van der Waals surface area contributed by atoms with Gasteiger partial charge in [-0.05, 0) is 15.9 Å². The van der Waals surface area contributed by atoms with Crippen LogP contribution in [0.25, 0.3) is 11.3 Å². The van der Waals surface area contributed by atoms with Crippen molar-refractivity contribution in [1.29, 1.82) is 0 Å². The van der Waals surface area contributed by atoms with Crippen molar-refractivity contribution in [3.05, 3.63) is 45.8 Å². The summed E-state index contributed by atoms with van der Waals surface area (Å²) in [5, 5.41) is -0.0342. The topological polar surface area (TPSA) is 25.8 Å². The first kappa shape index (κ1) is 14.3. The number of aromatic nitrogens is 2. The van der Waals surface area contributed by atoms with E-state index in [0.29, 0.717) is 15.7 Å². The molecule has 0 aliphatic heterocycles. The predicted octanol–water partition coefficient (Wildman–Crippen LogP) is 4.66. The van der Waals surface area contributed by atoms with Gasteiger partial charge in [0.2, 0.25) is 0 Å². The Labute approximate surface area is 120 Å². The normalized spacial score (nSPS) is 11.6. The van der Waals surface area contributed by atoms with Crippen molar-refractivity contribution in [1.82, 2.24) is 9.97 Å². The molecule has 2 rings (SSSR count). The Hall–Kier alpha value is -1.14. The first-order chi connectivity index (χ1) is 8.87. The Morgan fingerprint density at radius 1 is 1.11 bits per heavy atom. The summed E-state index contributed by atoms with van der Waals surface area (Å²) in [6.45, 7) is 0. The third-order valence-corrected chi connectivity index (χ3v) is 3.52. The molecule has 0 aliphatic rings. The summed E-state index contributed by atoms with van der Waals surface area (Å²) in [4.78, 5) is 7.56. The van der Waals surface area contributed by atoms with Gasteiger partial charge in [0.15, 0.2) is 0 Å². The van der Waals surface area contributed by atoms with Crippen LogP contribution in [0.2, 0.25) is 5.15 Å². The highest BCUT2D eigenvalue weighted by molar-refractivity contribution is 9.10. The molecule has 0 saturated carbocycles. The van der Waals surface area contributed by atoms with E-state index >= 15 is 0 Å². The minimum Gasteiger partial charge on any atom is -0.231 e. The lowest BCUT2D eigenvalue weighted by atomic mass is 10.1.